The topological polar surface area (TPSA) is 47.4 Å². The predicted molar refractivity (Wildman–Crippen MR) is 97.1 cm³/mol. The summed E-state index contributed by atoms with van der Waals surface area (Å²) in [6.45, 7) is 7.06. The quantitative estimate of drug-likeness (QED) is 0.776. The van der Waals surface area contributed by atoms with Crippen molar-refractivity contribution in [2.24, 2.45) is 5.92 Å². The van der Waals surface area contributed by atoms with E-state index in [1.54, 1.807) is 0 Å². The first-order valence-corrected chi connectivity index (χ1v) is 9.19. The number of nitrogens with zero attached hydrogens (tertiary/aromatic N) is 3. The molecule has 5 nitrogen and oxygen atoms in total. The summed E-state index contributed by atoms with van der Waals surface area (Å²) in [5.74, 6) is 0.114. The van der Waals surface area contributed by atoms with Crippen molar-refractivity contribution in [2.45, 2.75) is 39.3 Å². The molecule has 25 heavy (non-hydrogen) atoms. The van der Waals surface area contributed by atoms with Crippen molar-refractivity contribution >= 4 is 5.91 Å². The molecule has 134 valence electrons. The van der Waals surface area contributed by atoms with Crippen molar-refractivity contribution < 1.29 is 9.53 Å². The van der Waals surface area contributed by atoms with Crippen LogP contribution >= 0.6 is 0 Å². The summed E-state index contributed by atoms with van der Waals surface area (Å²) in [4.78, 5) is 14.8. The van der Waals surface area contributed by atoms with Crippen molar-refractivity contribution in [2.75, 3.05) is 19.7 Å². The zero-order valence-corrected chi connectivity index (χ0v) is 15.1. The molecule has 1 aliphatic heterocycles. The first-order chi connectivity index (χ1) is 12.2. The number of carbonyl (C=O) groups is 1. The summed E-state index contributed by atoms with van der Waals surface area (Å²) < 4.78 is 7.82. The lowest BCUT2D eigenvalue weighted by molar-refractivity contribution is -0.137. The van der Waals surface area contributed by atoms with Crippen LogP contribution in [0, 0.1) is 5.92 Å². The van der Waals surface area contributed by atoms with Crippen LogP contribution in [0.1, 0.15) is 43.9 Å². The van der Waals surface area contributed by atoms with Gasteiger partial charge in [-0.3, -0.25) is 9.48 Å². The van der Waals surface area contributed by atoms with Crippen molar-refractivity contribution in [1.82, 2.24) is 14.7 Å². The summed E-state index contributed by atoms with van der Waals surface area (Å²) in [6.07, 6.45) is 5.44. The Balaban J connectivity index is 1.71. The highest BCUT2D eigenvalue weighted by molar-refractivity contribution is 5.80. The van der Waals surface area contributed by atoms with Crippen LogP contribution in [0.3, 0.4) is 0 Å². The van der Waals surface area contributed by atoms with Gasteiger partial charge in [-0.25, -0.2) is 0 Å². The second-order valence-electron chi connectivity index (χ2n) is 6.56. The average Bonchev–Trinajstić information content (AvgIpc) is 3.29. The number of hydrogen-bond acceptors (Lipinski definition) is 3. The van der Waals surface area contributed by atoms with E-state index in [1.807, 2.05) is 47.1 Å². The summed E-state index contributed by atoms with van der Waals surface area (Å²) >= 11 is 0. The molecule has 3 rings (SSSR count). The van der Waals surface area contributed by atoms with E-state index in [2.05, 4.69) is 24.2 Å². The lowest BCUT2D eigenvalue weighted by Crippen LogP contribution is -2.37. The van der Waals surface area contributed by atoms with Gasteiger partial charge < -0.3 is 9.64 Å². The molecule has 1 aromatic heterocycles. The Kier molecular flexibility index (Phi) is 5.87. The lowest BCUT2D eigenvalue weighted by Gasteiger charge is -2.26. The van der Waals surface area contributed by atoms with Gasteiger partial charge in [-0.05, 0) is 25.3 Å². The van der Waals surface area contributed by atoms with Gasteiger partial charge in [-0.15, -0.1) is 0 Å². The fourth-order valence-corrected chi connectivity index (χ4v) is 3.48. The molecule has 0 spiro atoms. The third kappa shape index (κ3) is 4.10. The van der Waals surface area contributed by atoms with E-state index in [9.17, 15) is 4.79 Å². The molecule has 1 amide bonds. The first-order valence-electron chi connectivity index (χ1n) is 9.19. The summed E-state index contributed by atoms with van der Waals surface area (Å²) in [7, 11) is 0. The molecule has 1 fully saturated rings. The molecule has 0 aliphatic carbocycles. The zero-order valence-electron chi connectivity index (χ0n) is 15.1. The molecule has 0 N–H and O–H groups in total. The van der Waals surface area contributed by atoms with Crippen LogP contribution in [-0.2, 0) is 16.1 Å². The Labute approximate surface area is 149 Å². The van der Waals surface area contributed by atoms with Crippen molar-refractivity contribution in [1.29, 1.82) is 0 Å². The van der Waals surface area contributed by atoms with Gasteiger partial charge in [0.05, 0.1) is 24.8 Å². The van der Waals surface area contributed by atoms with E-state index in [4.69, 9.17) is 4.74 Å². The average molecular weight is 341 g/mol. The molecule has 2 heterocycles. The number of carbonyl (C=O) groups excluding carboxylic acids is 1. The SMILES string of the molecule is CCCN(CC)C(=O)[C@H]1CCO[C@@H]1c1cnn(Cc2ccccc2)c1. The second kappa shape index (κ2) is 8.30. The van der Waals surface area contributed by atoms with Crippen molar-refractivity contribution in [3.8, 4) is 0 Å². The number of ether oxygens (including phenoxy) is 1. The smallest absolute Gasteiger partial charge is 0.228 e. The Morgan fingerprint density at radius 1 is 1.32 bits per heavy atom. The molecule has 0 bridgehead atoms. The predicted octanol–water partition coefficient (Wildman–Crippen LogP) is 3.27. The number of aromatic nitrogens is 2. The largest absolute Gasteiger partial charge is 0.373 e. The van der Waals surface area contributed by atoms with E-state index in [0.717, 1.165) is 38.0 Å². The monoisotopic (exact) mass is 341 g/mol. The molecule has 0 saturated carbocycles. The fraction of sp³-hybridized carbons (Fsp3) is 0.500. The van der Waals surface area contributed by atoms with E-state index < -0.39 is 0 Å². The minimum atomic E-state index is -0.178. The molecule has 2 atom stereocenters. The van der Waals surface area contributed by atoms with Crippen LogP contribution in [0.5, 0.6) is 0 Å². The van der Waals surface area contributed by atoms with Crippen molar-refractivity contribution in [3.05, 3.63) is 53.9 Å². The van der Waals surface area contributed by atoms with Gasteiger partial charge in [-0.2, -0.15) is 5.10 Å². The highest BCUT2D eigenvalue weighted by Crippen LogP contribution is 2.35. The van der Waals surface area contributed by atoms with E-state index in [1.165, 1.54) is 5.56 Å². The fourth-order valence-electron chi connectivity index (χ4n) is 3.48. The van der Waals surface area contributed by atoms with E-state index in [-0.39, 0.29) is 17.9 Å². The maximum atomic E-state index is 12.9. The van der Waals surface area contributed by atoms with Crippen LogP contribution < -0.4 is 0 Å². The molecule has 0 radical (unpaired) electrons. The number of benzene rings is 1. The Hall–Kier alpha value is -2.14. The van der Waals surface area contributed by atoms with Crippen molar-refractivity contribution in [3.63, 3.8) is 0 Å². The van der Waals surface area contributed by atoms with E-state index >= 15 is 0 Å². The normalized spacial score (nSPS) is 19.9. The highest BCUT2D eigenvalue weighted by Gasteiger charge is 2.37. The standard InChI is InChI=1S/C20H27N3O2/c1-3-11-22(4-2)20(24)18-10-12-25-19(18)17-13-21-23(15-17)14-16-8-6-5-7-9-16/h5-9,13,15,18-19H,3-4,10-12,14H2,1-2H3/t18-,19+/m0/s1. The molecule has 5 heteroatoms. The minimum Gasteiger partial charge on any atom is -0.373 e. The Morgan fingerprint density at radius 2 is 2.12 bits per heavy atom. The molecule has 2 aromatic rings. The number of rotatable bonds is 7. The van der Waals surface area contributed by atoms with Crippen LogP contribution in [0.15, 0.2) is 42.7 Å². The van der Waals surface area contributed by atoms with Crippen LogP contribution in [0.2, 0.25) is 0 Å². The van der Waals surface area contributed by atoms with Gasteiger partial charge >= 0.3 is 0 Å². The summed E-state index contributed by atoms with van der Waals surface area (Å²) in [5, 5.41) is 4.46. The van der Waals surface area contributed by atoms with Gasteiger partial charge in [0.15, 0.2) is 0 Å². The molecule has 1 aliphatic rings. The molecule has 1 aromatic carbocycles. The zero-order chi connectivity index (χ0) is 17.6. The molecule has 0 unspecified atom stereocenters. The van der Waals surface area contributed by atoms with E-state index in [0.29, 0.717) is 6.61 Å². The third-order valence-corrected chi connectivity index (χ3v) is 4.76. The number of hydrogen-bond donors (Lipinski definition) is 0. The van der Waals surface area contributed by atoms with Gasteiger partial charge in [0.1, 0.15) is 0 Å². The summed E-state index contributed by atoms with van der Waals surface area (Å²) in [6, 6.07) is 10.2. The molecular weight excluding hydrogens is 314 g/mol. The Morgan fingerprint density at radius 3 is 2.84 bits per heavy atom. The van der Waals surface area contributed by atoms with Gasteiger partial charge in [0, 0.05) is 31.5 Å². The summed E-state index contributed by atoms with van der Waals surface area (Å²) in [5.41, 5.74) is 2.21. The van der Waals surface area contributed by atoms with Crippen LogP contribution in [0.4, 0.5) is 0 Å². The maximum absolute atomic E-state index is 12.9. The lowest BCUT2D eigenvalue weighted by atomic mass is 9.95. The molecule has 1 saturated heterocycles. The minimum absolute atomic E-state index is 0.0964. The first kappa shape index (κ1) is 17.7. The van der Waals surface area contributed by atoms with Gasteiger partial charge in [-0.1, -0.05) is 37.3 Å². The number of amides is 1. The van der Waals surface area contributed by atoms with Crippen LogP contribution in [-0.4, -0.2) is 40.3 Å². The van der Waals surface area contributed by atoms with Crippen LogP contribution in [0.25, 0.3) is 0 Å². The third-order valence-electron chi connectivity index (χ3n) is 4.76. The maximum Gasteiger partial charge on any atom is 0.228 e. The molecular formula is C20H27N3O2. The second-order valence-corrected chi connectivity index (χ2v) is 6.56. The Bertz CT molecular complexity index is 683. The van der Waals surface area contributed by atoms with Gasteiger partial charge in [0.25, 0.3) is 0 Å². The van der Waals surface area contributed by atoms with Gasteiger partial charge in [0.2, 0.25) is 5.91 Å². The highest BCUT2D eigenvalue weighted by atomic mass is 16.5.